The second-order valence-electron chi connectivity index (χ2n) is 5.88. The van der Waals surface area contributed by atoms with Gasteiger partial charge in [-0.05, 0) is 56.8 Å². The van der Waals surface area contributed by atoms with Gasteiger partial charge in [-0.3, -0.25) is 0 Å². The molecule has 1 aromatic rings. The minimum Gasteiger partial charge on any atom is -0.497 e. The third-order valence-corrected chi connectivity index (χ3v) is 4.11. The Labute approximate surface area is 129 Å². The molecule has 0 aromatic heterocycles. The van der Waals surface area contributed by atoms with Gasteiger partial charge in [0.1, 0.15) is 11.5 Å². The van der Waals surface area contributed by atoms with Crippen LogP contribution in [0.15, 0.2) is 18.2 Å². The van der Waals surface area contributed by atoms with Crippen molar-refractivity contribution in [3.63, 3.8) is 0 Å². The molecule has 0 aliphatic heterocycles. The lowest BCUT2D eigenvalue weighted by Crippen LogP contribution is -2.19. The summed E-state index contributed by atoms with van der Waals surface area (Å²) in [5, 5.41) is 3.46. The molecule has 3 nitrogen and oxygen atoms in total. The fourth-order valence-corrected chi connectivity index (χ4v) is 2.88. The number of nitrogens with one attached hydrogen (secondary N) is 1. The van der Waals surface area contributed by atoms with Gasteiger partial charge in [-0.15, -0.1) is 0 Å². The lowest BCUT2D eigenvalue weighted by molar-refractivity contribution is 0.181. The first-order chi connectivity index (χ1) is 10.3. The van der Waals surface area contributed by atoms with Crippen LogP contribution in [0.3, 0.4) is 0 Å². The van der Waals surface area contributed by atoms with Gasteiger partial charge < -0.3 is 14.8 Å². The largest absolute Gasteiger partial charge is 0.497 e. The first-order valence-corrected chi connectivity index (χ1v) is 8.37. The number of methoxy groups -OCH3 is 1. The van der Waals surface area contributed by atoms with Gasteiger partial charge in [0, 0.05) is 12.1 Å². The Morgan fingerprint density at radius 2 is 1.90 bits per heavy atom. The van der Waals surface area contributed by atoms with Crippen LogP contribution in [0.25, 0.3) is 0 Å². The van der Waals surface area contributed by atoms with Crippen molar-refractivity contribution in [1.29, 1.82) is 0 Å². The molecule has 1 fully saturated rings. The number of hydrogen-bond acceptors (Lipinski definition) is 3. The second-order valence-corrected chi connectivity index (χ2v) is 5.88. The van der Waals surface area contributed by atoms with Crippen LogP contribution >= 0.6 is 0 Å². The number of hydrogen-bond donors (Lipinski definition) is 1. The summed E-state index contributed by atoms with van der Waals surface area (Å²) < 4.78 is 11.6. The van der Waals surface area contributed by atoms with Crippen LogP contribution in [0.4, 0.5) is 0 Å². The SMILES string of the molecule is CCCNCc1cc(OC)ccc1OC1CCCCCC1. The quantitative estimate of drug-likeness (QED) is 0.600. The zero-order chi connectivity index (χ0) is 14.9. The smallest absolute Gasteiger partial charge is 0.124 e. The molecule has 1 N–H and O–H groups in total. The van der Waals surface area contributed by atoms with E-state index in [0.29, 0.717) is 6.10 Å². The van der Waals surface area contributed by atoms with Gasteiger partial charge in [0.25, 0.3) is 0 Å². The Kier molecular flexibility index (Phi) is 6.87. The van der Waals surface area contributed by atoms with E-state index >= 15 is 0 Å². The molecule has 0 radical (unpaired) electrons. The average Bonchev–Trinajstić information content (AvgIpc) is 2.77. The summed E-state index contributed by atoms with van der Waals surface area (Å²) >= 11 is 0. The fraction of sp³-hybridized carbons (Fsp3) is 0.667. The minimum atomic E-state index is 0.380. The van der Waals surface area contributed by atoms with E-state index in [2.05, 4.69) is 24.4 Å². The summed E-state index contributed by atoms with van der Waals surface area (Å²) in [7, 11) is 1.71. The predicted molar refractivity (Wildman–Crippen MR) is 87.1 cm³/mol. The zero-order valence-electron chi connectivity index (χ0n) is 13.5. The van der Waals surface area contributed by atoms with E-state index in [1.165, 1.54) is 44.1 Å². The summed E-state index contributed by atoms with van der Waals surface area (Å²) in [5.74, 6) is 1.92. The van der Waals surface area contributed by atoms with Crippen molar-refractivity contribution in [3.8, 4) is 11.5 Å². The van der Waals surface area contributed by atoms with Crippen molar-refractivity contribution in [2.45, 2.75) is 64.5 Å². The summed E-state index contributed by atoms with van der Waals surface area (Å²) in [6, 6.07) is 6.15. The van der Waals surface area contributed by atoms with Crippen molar-refractivity contribution >= 4 is 0 Å². The summed E-state index contributed by atoms with van der Waals surface area (Å²) in [5.41, 5.74) is 1.20. The van der Waals surface area contributed by atoms with Crippen LogP contribution in [0.5, 0.6) is 11.5 Å². The van der Waals surface area contributed by atoms with Gasteiger partial charge in [0.05, 0.1) is 13.2 Å². The van der Waals surface area contributed by atoms with Crippen LogP contribution in [0.1, 0.15) is 57.4 Å². The molecule has 0 spiro atoms. The van der Waals surface area contributed by atoms with E-state index in [4.69, 9.17) is 9.47 Å². The third kappa shape index (κ3) is 5.24. The highest BCUT2D eigenvalue weighted by molar-refractivity contribution is 5.40. The monoisotopic (exact) mass is 291 g/mol. The Morgan fingerprint density at radius 1 is 1.14 bits per heavy atom. The Hall–Kier alpha value is -1.22. The van der Waals surface area contributed by atoms with E-state index in [1.807, 2.05) is 6.07 Å². The van der Waals surface area contributed by atoms with Gasteiger partial charge >= 0.3 is 0 Å². The van der Waals surface area contributed by atoms with Gasteiger partial charge in [-0.1, -0.05) is 19.8 Å². The molecule has 0 bridgehead atoms. The van der Waals surface area contributed by atoms with Crippen LogP contribution in [-0.2, 0) is 6.54 Å². The van der Waals surface area contributed by atoms with E-state index in [9.17, 15) is 0 Å². The second kappa shape index (κ2) is 8.93. The fourth-order valence-electron chi connectivity index (χ4n) is 2.88. The molecule has 0 atom stereocenters. The molecule has 21 heavy (non-hydrogen) atoms. The molecule has 0 amide bonds. The van der Waals surface area contributed by atoms with E-state index < -0.39 is 0 Å². The number of benzene rings is 1. The number of rotatable bonds is 7. The first-order valence-electron chi connectivity index (χ1n) is 8.37. The molecule has 2 rings (SSSR count). The normalized spacial score (nSPS) is 16.5. The van der Waals surface area contributed by atoms with E-state index in [1.54, 1.807) is 7.11 Å². The van der Waals surface area contributed by atoms with Crippen LogP contribution < -0.4 is 14.8 Å². The average molecular weight is 291 g/mol. The highest BCUT2D eigenvalue weighted by Gasteiger charge is 2.15. The molecule has 118 valence electrons. The maximum absolute atomic E-state index is 6.30. The van der Waals surface area contributed by atoms with Crippen LogP contribution in [-0.4, -0.2) is 19.8 Å². The molecule has 3 heteroatoms. The minimum absolute atomic E-state index is 0.380. The highest BCUT2D eigenvalue weighted by Crippen LogP contribution is 2.28. The lowest BCUT2D eigenvalue weighted by atomic mass is 10.1. The Balaban J connectivity index is 2.04. The lowest BCUT2D eigenvalue weighted by Gasteiger charge is -2.20. The van der Waals surface area contributed by atoms with Gasteiger partial charge in [0.2, 0.25) is 0 Å². The Morgan fingerprint density at radius 3 is 2.57 bits per heavy atom. The molecule has 1 aliphatic rings. The molecule has 0 unspecified atom stereocenters. The van der Waals surface area contributed by atoms with Crippen molar-refractivity contribution in [1.82, 2.24) is 5.32 Å². The van der Waals surface area contributed by atoms with Crippen molar-refractivity contribution < 1.29 is 9.47 Å². The van der Waals surface area contributed by atoms with Crippen molar-refractivity contribution in [3.05, 3.63) is 23.8 Å². The summed E-state index contributed by atoms with van der Waals surface area (Å²) in [6.07, 6.45) is 9.20. The number of ether oxygens (including phenoxy) is 2. The van der Waals surface area contributed by atoms with Gasteiger partial charge in [0.15, 0.2) is 0 Å². The maximum Gasteiger partial charge on any atom is 0.124 e. The van der Waals surface area contributed by atoms with Crippen LogP contribution in [0, 0.1) is 0 Å². The standard InChI is InChI=1S/C18H29NO2/c1-3-12-19-14-15-13-17(20-2)10-11-18(15)21-16-8-6-4-5-7-9-16/h10-11,13,16,19H,3-9,12,14H2,1-2H3. The molecule has 1 aliphatic carbocycles. The maximum atomic E-state index is 6.30. The molecule has 0 heterocycles. The zero-order valence-corrected chi connectivity index (χ0v) is 13.5. The van der Waals surface area contributed by atoms with E-state index in [-0.39, 0.29) is 0 Å². The first kappa shape index (κ1) is 16.2. The van der Waals surface area contributed by atoms with Crippen LogP contribution in [0.2, 0.25) is 0 Å². The predicted octanol–water partition coefficient (Wildman–Crippen LogP) is 4.30. The molecular weight excluding hydrogens is 262 g/mol. The Bertz CT molecular complexity index is 412. The topological polar surface area (TPSA) is 30.5 Å². The summed E-state index contributed by atoms with van der Waals surface area (Å²) in [4.78, 5) is 0. The van der Waals surface area contributed by atoms with Gasteiger partial charge in [-0.2, -0.15) is 0 Å². The summed E-state index contributed by atoms with van der Waals surface area (Å²) in [6.45, 7) is 4.05. The third-order valence-electron chi connectivity index (χ3n) is 4.11. The molecule has 1 saturated carbocycles. The van der Waals surface area contributed by atoms with Crippen molar-refractivity contribution in [2.24, 2.45) is 0 Å². The van der Waals surface area contributed by atoms with E-state index in [0.717, 1.165) is 31.0 Å². The highest BCUT2D eigenvalue weighted by atomic mass is 16.5. The molecule has 1 aromatic carbocycles. The molecular formula is C18H29NO2. The van der Waals surface area contributed by atoms with Gasteiger partial charge in [-0.25, -0.2) is 0 Å². The molecule has 0 saturated heterocycles. The van der Waals surface area contributed by atoms with Crippen molar-refractivity contribution in [2.75, 3.05) is 13.7 Å².